The lowest BCUT2D eigenvalue weighted by Crippen LogP contribution is -2.12. The molecule has 0 saturated heterocycles. The van der Waals surface area contributed by atoms with Crippen LogP contribution < -0.4 is 5.32 Å². The highest BCUT2D eigenvalue weighted by molar-refractivity contribution is 9.10. The third-order valence-electron chi connectivity index (χ3n) is 2.73. The molecule has 2 aromatic rings. The highest BCUT2D eigenvalue weighted by Crippen LogP contribution is 2.18. The minimum atomic E-state index is -0.330. The molecule has 0 heterocycles. The number of hydrogen-bond acceptors (Lipinski definition) is 1. The molecule has 0 bridgehead atoms. The van der Waals surface area contributed by atoms with Crippen molar-refractivity contribution in [2.75, 3.05) is 5.32 Å². The first-order valence-electron chi connectivity index (χ1n) is 5.80. The van der Waals surface area contributed by atoms with Gasteiger partial charge in [0.1, 0.15) is 5.82 Å². The van der Waals surface area contributed by atoms with Crippen molar-refractivity contribution >= 4 is 27.5 Å². The lowest BCUT2D eigenvalue weighted by molar-refractivity contribution is 0.102. The van der Waals surface area contributed by atoms with Crippen LogP contribution in [-0.4, -0.2) is 5.91 Å². The number of anilines is 1. The summed E-state index contributed by atoms with van der Waals surface area (Å²) < 4.78 is 14.2. The first-order valence-corrected chi connectivity index (χ1v) is 6.60. The van der Waals surface area contributed by atoms with Crippen molar-refractivity contribution in [3.63, 3.8) is 0 Å². The van der Waals surface area contributed by atoms with Crippen LogP contribution in [0.5, 0.6) is 0 Å². The van der Waals surface area contributed by atoms with Gasteiger partial charge >= 0.3 is 0 Å². The molecule has 1 N–H and O–H groups in total. The van der Waals surface area contributed by atoms with Crippen LogP contribution in [0, 0.1) is 19.7 Å². The maximum Gasteiger partial charge on any atom is 0.255 e. The summed E-state index contributed by atoms with van der Waals surface area (Å²) in [6, 6.07) is 10.1. The molecule has 19 heavy (non-hydrogen) atoms. The molecule has 0 saturated carbocycles. The lowest BCUT2D eigenvalue weighted by atomic mass is 10.1. The largest absolute Gasteiger partial charge is 0.322 e. The number of nitrogens with one attached hydrogen (secondary N) is 1. The molecule has 1 amide bonds. The first kappa shape index (κ1) is 13.7. The highest BCUT2D eigenvalue weighted by atomic mass is 79.9. The van der Waals surface area contributed by atoms with Gasteiger partial charge in [0, 0.05) is 15.7 Å². The van der Waals surface area contributed by atoms with Gasteiger partial charge in [0.15, 0.2) is 0 Å². The van der Waals surface area contributed by atoms with E-state index in [0.717, 1.165) is 10.0 Å². The summed E-state index contributed by atoms with van der Waals surface area (Å²) in [5.41, 5.74) is 2.52. The van der Waals surface area contributed by atoms with Crippen LogP contribution in [0.1, 0.15) is 21.5 Å². The Morgan fingerprint density at radius 3 is 2.53 bits per heavy atom. The molecule has 4 heteroatoms. The Balaban J connectivity index is 2.22. The number of carbonyl (C=O) groups is 1. The second-order valence-corrected chi connectivity index (χ2v) is 5.35. The number of carbonyl (C=O) groups excluding carboxylic acids is 1. The summed E-state index contributed by atoms with van der Waals surface area (Å²) >= 11 is 3.35. The minimum absolute atomic E-state index is 0.257. The summed E-state index contributed by atoms with van der Waals surface area (Å²) in [6.07, 6.45) is 0. The molecule has 0 aliphatic carbocycles. The fourth-order valence-corrected chi connectivity index (χ4v) is 2.35. The number of hydrogen-bond donors (Lipinski definition) is 1. The van der Waals surface area contributed by atoms with Gasteiger partial charge in [-0.1, -0.05) is 22.0 Å². The van der Waals surface area contributed by atoms with Crippen molar-refractivity contribution in [1.29, 1.82) is 0 Å². The number of benzene rings is 2. The minimum Gasteiger partial charge on any atom is -0.322 e. The Kier molecular flexibility index (Phi) is 4.00. The van der Waals surface area contributed by atoms with Crippen LogP contribution in [0.3, 0.4) is 0 Å². The first-order chi connectivity index (χ1) is 8.95. The predicted molar refractivity (Wildman–Crippen MR) is 78.0 cm³/mol. The monoisotopic (exact) mass is 321 g/mol. The zero-order chi connectivity index (χ0) is 14.0. The van der Waals surface area contributed by atoms with E-state index in [-0.39, 0.29) is 11.7 Å². The van der Waals surface area contributed by atoms with Crippen LogP contribution >= 0.6 is 15.9 Å². The Bertz CT molecular complexity index is 620. The normalized spacial score (nSPS) is 10.3. The van der Waals surface area contributed by atoms with Crippen molar-refractivity contribution < 1.29 is 9.18 Å². The average Bonchev–Trinajstić information content (AvgIpc) is 2.32. The fraction of sp³-hybridized carbons (Fsp3) is 0.133. The third-order valence-corrected chi connectivity index (χ3v) is 3.19. The van der Waals surface area contributed by atoms with Gasteiger partial charge in [0.05, 0.1) is 0 Å². The molecular weight excluding hydrogens is 309 g/mol. The highest BCUT2D eigenvalue weighted by Gasteiger charge is 2.08. The molecule has 98 valence electrons. The maximum atomic E-state index is 13.4. The molecule has 2 rings (SSSR count). The van der Waals surface area contributed by atoms with Gasteiger partial charge in [-0.05, 0) is 55.3 Å². The standard InChI is InChI=1S/C15H13BrFNO/c1-9-5-11(7-12(16)6-9)15(19)18-13-4-3-10(2)14(17)8-13/h3-8H,1-2H3,(H,18,19). The zero-order valence-corrected chi connectivity index (χ0v) is 12.2. The molecule has 2 aromatic carbocycles. The molecular formula is C15H13BrFNO. The number of amides is 1. The zero-order valence-electron chi connectivity index (χ0n) is 10.6. The molecule has 0 spiro atoms. The van der Waals surface area contributed by atoms with E-state index >= 15 is 0 Å². The van der Waals surface area contributed by atoms with Gasteiger partial charge in [0.2, 0.25) is 0 Å². The average molecular weight is 322 g/mol. The van der Waals surface area contributed by atoms with Crippen LogP contribution in [0.15, 0.2) is 40.9 Å². The second-order valence-electron chi connectivity index (χ2n) is 4.44. The third kappa shape index (κ3) is 3.41. The number of rotatable bonds is 2. The van der Waals surface area contributed by atoms with E-state index in [4.69, 9.17) is 0 Å². The van der Waals surface area contributed by atoms with Crippen LogP contribution in [0.25, 0.3) is 0 Å². The van der Waals surface area contributed by atoms with Gasteiger partial charge in [0.25, 0.3) is 5.91 Å². The van der Waals surface area contributed by atoms with Crippen molar-refractivity contribution in [2.45, 2.75) is 13.8 Å². The van der Waals surface area contributed by atoms with Crippen LogP contribution in [-0.2, 0) is 0 Å². The van der Waals surface area contributed by atoms with Crippen LogP contribution in [0.4, 0.5) is 10.1 Å². The molecule has 0 unspecified atom stereocenters. The van der Waals surface area contributed by atoms with Gasteiger partial charge in [-0.3, -0.25) is 4.79 Å². The fourth-order valence-electron chi connectivity index (χ4n) is 1.74. The Morgan fingerprint density at radius 2 is 1.89 bits per heavy atom. The quantitative estimate of drug-likeness (QED) is 0.869. The summed E-state index contributed by atoms with van der Waals surface area (Å²) in [6.45, 7) is 3.59. The summed E-state index contributed by atoms with van der Waals surface area (Å²) in [7, 11) is 0. The van der Waals surface area contributed by atoms with Crippen LogP contribution in [0.2, 0.25) is 0 Å². The van der Waals surface area contributed by atoms with Crippen molar-refractivity contribution in [3.8, 4) is 0 Å². The Morgan fingerprint density at radius 1 is 1.16 bits per heavy atom. The second kappa shape index (κ2) is 5.53. The molecule has 0 aliphatic rings. The summed E-state index contributed by atoms with van der Waals surface area (Å²) in [4.78, 5) is 12.1. The molecule has 0 aliphatic heterocycles. The van der Waals surface area contributed by atoms with Crippen molar-refractivity contribution in [1.82, 2.24) is 0 Å². The van der Waals surface area contributed by atoms with Crippen molar-refractivity contribution in [3.05, 3.63) is 63.4 Å². The SMILES string of the molecule is Cc1cc(Br)cc(C(=O)Nc2ccc(C)c(F)c2)c1. The number of aryl methyl sites for hydroxylation is 2. The van der Waals surface area contributed by atoms with Crippen molar-refractivity contribution in [2.24, 2.45) is 0 Å². The summed E-state index contributed by atoms with van der Waals surface area (Å²) in [5.74, 6) is -0.587. The van der Waals surface area contributed by atoms with E-state index in [1.807, 2.05) is 13.0 Å². The van der Waals surface area contributed by atoms with E-state index in [1.165, 1.54) is 6.07 Å². The maximum absolute atomic E-state index is 13.4. The molecule has 2 nitrogen and oxygen atoms in total. The van der Waals surface area contributed by atoms with E-state index < -0.39 is 0 Å². The topological polar surface area (TPSA) is 29.1 Å². The smallest absolute Gasteiger partial charge is 0.255 e. The molecule has 0 aromatic heterocycles. The number of halogens is 2. The van der Waals surface area contributed by atoms with E-state index in [1.54, 1.807) is 31.2 Å². The van der Waals surface area contributed by atoms with Gasteiger partial charge in [-0.2, -0.15) is 0 Å². The summed E-state index contributed by atoms with van der Waals surface area (Å²) in [5, 5.41) is 2.68. The Hall–Kier alpha value is -1.68. The van der Waals surface area contributed by atoms with E-state index in [0.29, 0.717) is 16.8 Å². The lowest BCUT2D eigenvalue weighted by Gasteiger charge is -2.07. The van der Waals surface area contributed by atoms with E-state index in [9.17, 15) is 9.18 Å². The Labute approximate surface area is 119 Å². The molecule has 0 fully saturated rings. The van der Waals surface area contributed by atoms with E-state index in [2.05, 4.69) is 21.2 Å². The predicted octanol–water partition coefficient (Wildman–Crippen LogP) is 4.46. The molecule has 0 radical (unpaired) electrons. The van der Waals surface area contributed by atoms with Gasteiger partial charge < -0.3 is 5.32 Å². The molecule has 0 atom stereocenters. The van der Waals surface area contributed by atoms with Gasteiger partial charge in [-0.25, -0.2) is 4.39 Å². The van der Waals surface area contributed by atoms with Gasteiger partial charge in [-0.15, -0.1) is 0 Å².